The lowest BCUT2D eigenvalue weighted by molar-refractivity contribution is -0.136. The van der Waals surface area contributed by atoms with Gasteiger partial charge in [0.15, 0.2) is 6.23 Å². The van der Waals surface area contributed by atoms with Crippen molar-refractivity contribution >= 4 is 28.3 Å². The Hall–Kier alpha value is -3.79. The number of halogens is 3. The normalized spacial score (nSPS) is 15.2. The van der Waals surface area contributed by atoms with Crippen LogP contribution in [0.15, 0.2) is 42.5 Å². The van der Waals surface area contributed by atoms with Crippen molar-refractivity contribution in [2.24, 2.45) is 0 Å². The molecule has 0 bridgehead atoms. The summed E-state index contributed by atoms with van der Waals surface area (Å²) in [6.45, 7) is 0.871. The molecule has 2 N–H and O–H groups in total. The predicted octanol–water partition coefficient (Wildman–Crippen LogP) is 4.30. The molecule has 0 spiro atoms. The van der Waals surface area contributed by atoms with E-state index in [0.717, 1.165) is 11.0 Å². The largest absolute Gasteiger partial charge is 0.492 e. The molecule has 0 aliphatic carbocycles. The summed E-state index contributed by atoms with van der Waals surface area (Å²) < 4.78 is 52.0. The Labute approximate surface area is 191 Å². The van der Waals surface area contributed by atoms with Crippen LogP contribution in [0.4, 0.5) is 18.9 Å². The SMILES string of the molecule is CCOc1c2c(c(OCC(F)F)c3ccccc13)C(O)N(c1ccc(CC(=O)O)cc1F)C2=O. The molecule has 1 aliphatic rings. The molecule has 0 radical (unpaired) electrons. The lowest BCUT2D eigenvalue weighted by atomic mass is 9.98. The highest BCUT2D eigenvalue weighted by molar-refractivity contribution is 6.17. The monoisotopic (exact) mass is 475 g/mol. The number of benzene rings is 3. The first-order chi connectivity index (χ1) is 16.2. The zero-order valence-corrected chi connectivity index (χ0v) is 17.9. The van der Waals surface area contributed by atoms with Crippen molar-refractivity contribution < 1.29 is 42.4 Å². The van der Waals surface area contributed by atoms with Crippen LogP contribution in [0, 0.1) is 5.82 Å². The lowest BCUT2D eigenvalue weighted by Gasteiger charge is -2.22. The highest BCUT2D eigenvalue weighted by Gasteiger charge is 2.44. The molecule has 1 unspecified atom stereocenters. The van der Waals surface area contributed by atoms with Crippen LogP contribution in [0.2, 0.25) is 0 Å². The molecule has 34 heavy (non-hydrogen) atoms. The summed E-state index contributed by atoms with van der Waals surface area (Å²) in [5, 5.41) is 20.8. The van der Waals surface area contributed by atoms with Gasteiger partial charge in [0.25, 0.3) is 12.3 Å². The number of anilines is 1. The second-order valence-corrected chi connectivity index (χ2v) is 7.53. The van der Waals surface area contributed by atoms with Gasteiger partial charge in [-0.2, -0.15) is 0 Å². The predicted molar refractivity (Wildman–Crippen MR) is 116 cm³/mol. The Kier molecular flexibility index (Phi) is 6.34. The lowest BCUT2D eigenvalue weighted by Crippen LogP contribution is -2.28. The number of carboxylic acids is 1. The number of aliphatic hydroxyl groups is 1. The van der Waals surface area contributed by atoms with Gasteiger partial charge in [-0.15, -0.1) is 0 Å². The summed E-state index contributed by atoms with van der Waals surface area (Å²) in [7, 11) is 0. The molecule has 3 aromatic carbocycles. The number of aliphatic carboxylic acids is 1. The van der Waals surface area contributed by atoms with Crippen LogP contribution in [0.1, 0.15) is 34.6 Å². The third kappa shape index (κ3) is 4.01. The number of nitrogens with zero attached hydrogens (tertiary/aromatic N) is 1. The van der Waals surface area contributed by atoms with Crippen molar-refractivity contribution in [3.8, 4) is 11.5 Å². The maximum Gasteiger partial charge on any atom is 0.307 e. The van der Waals surface area contributed by atoms with Crippen LogP contribution >= 0.6 is 0 Å². The molecule has 0 saturated heterocycles. The number of carboxylic acid groups (broad SMARTS) is 1. The summed E-state index contributed by atoms with van der Waals surface area (Å²) in [5.74, 6) is -2.92. The summed E-state index contributed by atoms with van der Waals surface area (Å²) in [5.41, 5.74) is -0.378. The molecule has 1 amide bonds. The maximum absolute atomic E-state index is 14.9. The Bertz CT molecular complexity index is 1280. The van der Waals surface area contributed by atoms with E-state index in [-0.39, 0.29) is 40.5 Å². The Balaban J connectivity index is 1.91. The van der Waals surface area contributed by atoms with Crippen molar-refractivity contribution in [2.45, 2.75) is 26.0 Å². The standard InChI is InChI=1S/C24H20F3NO6/c1-2-33-21-13-5-3-4-6-14(13)22(34-11-17(26)27)20-19(21)23(31)28(24(20)32)16-8-7-12(9-15(16)25)10-18(29)30/h3-9,17,24,32H,2,10-11H2,1H3,(H,29,30). The van der Waals surface area contributed by atoms with E-state index in [9.17, 15) is 27.9 Å². The summed E-state index contributed by atoms with van der Waals surface area (Å²) in [4.78, 5) is 25.2. The Morgan fingerprint density at radius 3 is 2.38 bits per heavy atom. The molecule has 3 aromatic rings. The molecule has 0 saturated carbocycles. The van der Waals surface area contributed by atoms with Gasteiger partial charge in [-0.3, -0.25) is 14.5 Å². The van der Waals surface area contributed by atoms with E-state index in [1.54, 1.807) is 31.2 Å². The highest BCUT2D eigenvalue weighted by atomic mass is 19.3. The quantitative estimate of drug-likeness (QED) is 0.505. The van der Waals surface area contributed by atoms with E-state index in [2.05, 4.69) is 0 Å². The van der Waals surface area contributed by atoms with Gasteiger partial charge in [0, 0.05) is 10.8 Å². The molecule has 7 nitrogen and oxygen atoms in total. The number of amides is 1. The number of aliphatic hydroxyl groups excluding tert-OH is 1. The van der Waals surface area contributed by atoms with Crippen LogP contribution < -0.4 is 14.4 Å². The third-order valence-corrected chi connectivity index (χ3v) is 5.36. The molecule has 0 aromatic heterocycles. The van der Waals surface area contributed by atoms with Crippen molar-refractivity contribution in [1.82, 2.24) is 0 Å². The van der Waals surface area contributed by atoms with E-state index < -0.39 is 43.4 Å². The van der Waals surface area contributed by atoms with E-state index in [1.807, 2.05) is 0 Å². The van der Waals surface area contributed by atoms with Crippen molar-refractivity contribution in [1.29, 1.82) is 0 Å². The average molecular weight is 475 g/mol. The van der Waals surface area contributed by atoms with E-state index >= 15 is 0 Å². The zero-order valence-electron chi connectivity index (χ0n) is 17.9. The fourth-order valence-corrected chi connectivity index (χ4v) is 4.08. The second kappa shape index (κ2) is 9.22. The first-order valence-corrected chi connectivity index (χ1v) is 10.4. The van der Waals surface area contributed by atoms with Crippen molar-refractivity contribution in [3.05, 3.63) is 65.0 Å². The number of hydrogen-bond donors (Lipinski definition) is 2. The number of carbonyl (C=O) groups is 2. The smallest absolute Gasteiger partial charge is 0.307 e. The van der Waals surface area contributed by atoms with Gasteiger partial charge in [0.2, 0.25) is 0 Å². The topological polar surface area (TPSA) is 96.3 Å². The third-order valence-electron chi connectivity index (χ3n) is 5.36. The number of rotatable bonds is 8. The Morgan fingerprint density at radius 1 is 1.12 bits per heavy atom. The summed E-state index contributed by atoms with van der Waals surface area (Å²) in [6.07, 6.45) is -5.01. The van der Waals surface area contributed by atoms with Crippen LogP contribution in [-0.4, -0.2) is 41.7 Å². The van der Waals surface area contributed by atoms with Crippen LogP contribution in [0.3, 0.4) is 0 Å². The molecule has 1 heterocycles. The van der Waals surface area contributed by atoms with Crippen LogP contribution in [0.5, 0.6) is 11.5 Å². The molecule has 1 atom stereocenters. The van der Waals surface area contributed by atoms with Crippen molar-refractivity contribution in [3.63, 3.8) is 0 Å². The van der Waals surface area contributed by atoms with Crippen LogP contribution in [-0.2, 0) is 11.2 Å². The van der Waals surface area contributed by atoms with E-state index in [1.165, 1.54) is 12.1 Å². The number of alkyl halides is 2. The fourth-order valence-electron chi connectivity index (χ4n) is 4.08. The minimum atomic E-state index is -2.81. The number of ether oxygens (including phenoxy) is 2. The first-order valence-electron chi connectivity index (χ1n) is 10.4. The van der Waals surface area contributed by atoms with Crippen molar-refractivity contribution in [2.75, 3.05) is 18.1 Å². The summed E-state index contributed by atoms with van der Waals surface area (Å²) in [6, 6.07) is 9.98. The minimum absolute atomic E-state index is 0.109. The van der Waals surface area contributed by atoms with E-state index in [4.69, 9.17) is 14.6 Å². The van der Waals surface area contributed by atoms with Crippen LogP contribution in [0.25, 0.3) is 10.8 Å². The number of hydrogen-bond acceptors (Lipinski definition) is 5. The average Bonchev–Trinajstić information content (AvgIpc) is 3.03. The molecule has 178 valence electrons. The fraction of sp³-hybridized carbons (Fsp3) is 0.250. The zero-order chi connectivity index (χ0) is 24.6. The van der Waals surface area contributed by atoms with Gasteiger partial charge >= 0.3 is 5.97 Å². The van der Waals surface area contributed by atoms with E-state index in [0.29, 0.717) is 10.8 Å². The minimum Gasteiger partial charge on any atom is -0.492 e. The van der Waals surface area contributed by atoms with Gasteiger partial charge in [-0.25, -0.2) is 13.2 Å². The first kappa shape index (κ1) is 23.4. The molecule has 0 fully saturated rings. The maximum atomic E-state index is 14.9. The van der Waals surface area contributed by atoms with Gasteiger partial charge in [-0.05, 0) is 24.6 Å². The highest BCUT2D eigenvalue weighted by Crippen LogP contribution is 2.50. The second-order valence-electron chi connectivity index (χ2n) is 7.53. The number of fused-ring (bicyclic) bond motifs is 2. The van der Waals surface area contributed by atoms with Gasteiger partial charge in [0.05, 0.1) is 29.8 Å². The van der Waals surface area contributed by atoms with Gasteiger partial charge < -0.3 is 19.7 Å². The molecular weight excluding hydrogens is 455 g/mol. The summed E-state index contributed by atoms with van der Waals surface area (Å²) >= 11 is 0. The molecule has 1 aliphatic heterocycles. The molecule has 4 rings (SSSR count). The molecule has 10 heteroatoms. The van der Waals surface area contributed by atoms with Gasteiger partial charge in [-0.1, -0.05) is 30.3 Å². The Morgan fingerprint density at radius 2 is 1.79 bits per heavy atom. The number of carbonyl (C=O) groups excluding carboxylic acids is 1. The molecular formula is C24H20F3NO6. The van der Waals surface area contributed by atoms with Gasteiger partial charge in [0.1, 0.15) is 23.9 Å².